The van der Waals surface area contributed by atoms with Gasteiger partial charge in [0.15, 0.2) is 0 Å². The monoisotopic (exact) mass is 462 g/mol. The van der Waals surface area contributed by atoms with E-state index in [9.17, 15) is 19.5 Å². The number of amides is 3. The molecule has 0 aromatic heterocycles. The topological polar surface area (TPSA) is 138 Å². The minimum atomic E-state index is -1.09. The first kappa shape index (κ1) is 26.1. The molecule has 10 nitrogen and oxygen atoms in total. The van der Waals surface area contributed by atoms with Gasteiger partial charge in [-0.3, -0.25) is 10.2 Å². The Morgan fingerprint density at radius 1 is 1.18 bits per heavy atom. The van der Waals surface area contributed by atoms with Crippen LogP contribution in [-0.2, 0) is 20.9 Å². The maximum atomic E-state index is 12.5. The van der Waals surface area contributed by atoms with Crippen LogP contribution in [0.3, 0.4) is 0 Å². The highest BCUT2D eigenvalue weighted by Gasteiger charge is 2.38. The molecule has 0 heterocycles. The smallest absolute Gasteiger partial charge is 0.331 e. The zero-order chi connectivity index (χ0) is 24.4. The van der Waals surface area contributed by atoms with Crippen molar-refractivity contribution in [2.45, 2.75) is 70.9 Å². The number of hydrogen-bond donors (Lipinski definition) is 5. The average molecular weight is 463 g/mol. The van der Waals surface area contributed by atoms with Crippen LogP contribution in [0.15, 0.2) is 35.9 Å². The number of carbonyl (C=O) groups excluding carboxylic acids is 2. The van der Waals surface area contributed by atoms with Gasteiger partial charge in [-0.1, -0.05) is 26.0 Å². The summed E-state index contributed by atoms with van der Waals surface area (Å²) in [7, 11) is 1.58. The van der Waals surface area contributed by atoms with Crippen LogP contribution in [0.4, 0.5) is 4.79 Å². The number of benzene rings is 1. The van der Waals surface area contributed by atoms with Crippen LogP contribution in [0.25, 0.3) is 0 Å². The Balaban J connectivity index is 2.08. The first-order valence-electron chi connectivity index (χ1n) is 11.1. The summed E-state index contributed by atoms with van der Waals surface area (Å²) in [5, 5.41) is 15.2. The average Bonchev–Trinajstić information content (AvgIpc) is 2.78. The van der Waals surface area contributed by atoms with Gasteiger partial charge in [0, 0.05) is 25.5 Å². The van der Waals surface area contributed by atoms with Gasteiger partial charge in [0.25, 0.3) is 0 Å². The molecule has 1 aromatic rings. The van der Waals surface area contributed by atoms with E-state index in [0.717, 1.165) is 18.4 Å². The molecule has 0 fully saturated rings. The van der Waals surface area contributed by atoms with Crippen molar-refractivity contribution in [3.8, 4) is 5.75 Å². The fourth-order valence-electron chi connectivity index (χ4n) is 3.72. The van der Waals surface area contributed by atoms with E-state index in [2.05, 4.69) is 21.5 Å². The number of carboxylic acids is 1. The largest absolute Gasteiger partial charge is 0.497 e. The molecule has 5 N–H and O–H groups in total. The van der Waals surface area contributed by atoms with E-state index in [4.69, 9.17) is 9.47 Å². The lowest BCUT2D eigenvalue weighted by Gasteiger charge is -2.38. The first-order chi connectivity index (χ1) is 15.8. The summed E-state index contributed by atoms with van der Waals surface area (Å²) in [5.41, 5.74) is 6.41. The van der Waals surface area contributed by atoms with Gasteiger partial charge in [0.2, 0.25) is 5.91 Å². The molecule has 33 heavy (non-hydrogen) atoms. The molecule has 0 radical (unpaired) electrons. The number of hydrogen-bond acceptors (Lipinski definition) is 6. The lowest BCUT2D eigenvalue weighted by molar-refractivity contribution is -0.133. The van der Waals surface area contributed by atoms with Gasteiger partial charge in [0.05, 0.1) is 31.4 Å². The number of methoxy groups -OCH3 is 1. The van der Waals surface area contributed by atoms with Gasteiger partial charge in [-0.2, -0.15) is 0 Å². The van der Waals surface area contributed by atoms with E-state index in [-0.39, 0.29) is 24.0 Å². The summed E-state index contributed by atoms with van der Waals surface area (Å²) in [6.45, 7) is 5.68. The number of rotatable bonds is 11. The Morgan fingerprint density at radius 3 is 2.52 bits per heavy atom. The van der Waals surface area contributed by atoms with E-state index in [1.54, 1.807) is 7.11 Å². The predicted octanol–water partition coefficient (Wildman–Crippen LogP) is 1.86. The number of carbonyl (C=O) groups is 3. The van der Waals surface area contributed by atoms with E-state index >= 15 is 0 Å². The standard InChI is InChI=1S/C23H34N4O6/c1-5-17(6-2)33-20-12-16(22(29)30)11-19(21(20)25-14(3)28)26-23(31)27-24-13-15-8-7-9-18(10-15)32-4/h7-10,12,17,19-21,24H,5-6,11,13H2,1-4H3,(H,25,28)(H,29,30)(H2,26,27,31)/t19-,20+,21+/m0/s1. The summed E-state index contributed by atoms with van der Waals surface area (Å²) in [4.78, 5) is 36.1. The Labute approximate surface area is 194 Å². The number of aliphatic carboxylic acids is 1. The number of ether oxygens (including phenoxy) is 2. The molecule has 0 unspecified atom stereocenters. The molecular formula is C23H34N4O6. The Kier molecular flexibility index (Phi) is 10.1. The zero-order valence-electron chi connectivity index (χ0n) is 19.5. The first-order valence-corrected chi connectivity index (χ1v) is 11.1. The van der Waals surface area contributed by atoms with Crippen molar-refractivity contribution in [2.24, 2.45) is 0 Å². The van der Waals surface area contributed by atoms with Crippen molar-refractivity contribution in [3.63, 3.8) is 0 Å². The Hall–Kier alpha value is -3.11. The lowest BCUT2D eigenvalue weighted by Crippen LogP contribution is -2.61. The fourth-order valence-corrected chi connectivity index (χ4v) is 3.72. The SMILES string of the molecule is CCC(CC)O[C@@H]1C=C(C(=O)O)C[C@H](NC(=O)NNCc2cccc(OC)c2)[C@H]1NC(C)=O. The zero-order valence-corrected chi connectivity index (χ0v) is 19.5. The van der Waals surface area contributed by atoms with Gasteiger partial charge in [0.1, 0.15) is 5.75 Å². The number of nitrogens with one attached hydrogen (secondary N) is 4. The molecule has 0 bridgehead atoms. The minimum absolute atomic E-state index is 0.0480. The van der Waals surface area contributed by atoms with Crippen LogP contribution in [0.1, 0.15) is 45.6 Å². The highest BCUT2D eigenvalue weighted by atomic mass is 16.5. The van der Waals surface area contributed by atoms with Gasteiger partial charge < -0.3 is 25.2 Å². The summed E-state index contributed by atoms with van der Waals surface area (Å²) >= 11 is 0. The predicted molar refractivity (Wildman–Crippen MR) is 122 cm³/mol. The molecule has 1 aliphatic carbocycles. The van der Waals surface area contributed by atoms with Gasteiger partial charge in [-0.05, 0) is 36.6 Å². The van der Waals surface area contributed by atoms with Crippen molar-refractivity contribution >= 4 is 17.9 Å². The number of urea groups is 1. The molecule has 1 aromatic carbocycles. The second kappa shape index (κ2) is 12.8. The maximum Gasteiger partial charge on any atom is 0.331 e. The molecule has 3 amide bonds. The van der Waals surface area contributed by atoms with Crippen LogP contribution < -0.4 is 26.2 Å². The molecule has 10 heteroatoms. The molecule has 182 valence electrons. The summed E-state index contributed by atoms with van der Waals surface area (Å²) in [6.07, 6.45) is 2.26. The van der Waals surface area contributed by atoms with Crippen molar-refractivity contribution < 1.29 is 29.0 Å². The Morgan fingerprint density at radius 2 is 1.91 bits per heavy atom. The molecule has 0 spiro atoms. The second-order valence-electron chi connectivity index (χ2n) is 7.88. The van der Waals surface area contributed by atoms with Crippen LogP contribution in [-0.4, -0.2) is 54.4 Å². The van der Waals surface area contributed by atoms with Crippen molar-refractivity contribution in [3.05, 3.63) is 41.5 Å². The summed E-state index contributed by atoms with van der Waals surface area (Å²) in [6, 6.07) is 5.54. The highest BCUT2D eigenvalue weighted by molar-refractivity contribution is 5.87. The fraction of sp³-hybridized carbons (Fsp3) is 0.522. The Bertz CT molecular complexity index is 855. The molecule has 3 atom stereocenters. The third kappa shape index (κ3) is 8.07. The van der Waals surface area contributed by atoms with E-state index in [1.807, 2.05) is 38.1 Å². The van der Waals surface area contributed by atoms with Crippen molar-refractivity contribution in [1.29, 1.82) is 0 Å². The third-order valence-corrected chi connectivity index (χ3v) is 5.44. The lowest BCUT2D eigenvalue weighted by atomic mass is 9.87. The van der Waals surface area contributed by atoms with Gasteiger partial charge >= 0.3 is 12.0 Å². The van der Waals surface area contributed by atoms with E-state index < -0.39 is 30.2 Å². The summed E-state index contributed by atoms with van der Waals surface area (Å²) in [5.74, 6) is -0.679. The maximum absolute atomic E-state index is 12.5. The normalized spacial score (nSPS) is 20.0. The molecule has 0 aliphatic heterocycles. The van der Waals surface area contributed by atoms with Crippen molar-refractivity contribution in [2.75, 3.05) is 7.11 Å². The minimum Gasteiger partial charge on any atom is -0.497 e. The highest BCUT2D eigenvalue weighted by Crippen LogP contribution is 2.24. The second-order valence-corrected chi connectivity index (χ2v) is 7.88. The van der Waals surface area contributed by atoms with Crippen molar-refractivity contribution in [1.82, 2.24) is 21.5 Å². The van der Waals surface area contributed by atoms with Crippen LogP contribution in [0.2, 0.25) is 0 Å². The molecule has 0 saturated carbocycles. The number of hydrazine groups is 1. The molecule has 2 rings (SSSR count). The third-order valence-electron chi connectivity index (χ3n) is 5.44. The van der Waals surface area contributed by atoms with Gasteiger partial charge in [-0.15, -0.1) is 0 Å². The molecule has 0 saturated heterocycles. The molecule has 1 aliphatic rings. The molecular weight excluding hydrogens is 428 g/mol. The summed E-state index contributed by atoms with van der Waals surface area (Å²) < 4.78 is 11.3. The van der Waals surface area contributed by atoms with Gasteiger partial charge in [-0.25, -0.2) is 15.0 Å². The quantitative estimate of drug-likeness (QED) is 0.317. The van der Waals surface area contributed by atoms with Crippen LogP contribution in [0, 0.1) is 0 Å². The van der Waals surface area contributed by atoms with Crippen LogP contribution in [0.5, 0.6) is 5.75 Å². The van der Waals surface area contributed by atoms with E-state index in [0.29, 0.717) is 12.3 Å². The van der Waals surface area contributed by atoms with Crippen LogP contribution >= 0.6 is 0 Å². The number of carboxylic acid groups (broad SMARTS) is 1. The van der Waals surface area contributed by atoms with E-state index in [1.165, 1.54) is 13.0 Å².